The van der Waals surface area contributed by atoms with E-state index in [0.29, 0.717) is 12.3 Å². The molecule has 1 saturated heterocycles. The van der Waals surface area contributed by atoms with Gasteiger partial charge in [0.1, 0.15) is 0 Å². The molecule has 120 valence electrons. The first-order valence-electron chi connectivity index (χ1n) is 8.25. The van der Waals surface area contributed by atoms with Crippen molar-refractivity contribution in [2.45, 2.75) is 46.5 Å². The zero-order valence-corrected chi connectivity index (χ0v) is 13.9. The number of hydrogen-bond donors (Lipinski definition) is 1. The van der Waals surface area contributed by atoms with Crippen molar-refractivity contribution in [3.05, 3.63) is 29.8 Å². The molecule has 0 bridgehead atoms. The minimum absolute atomic E-state index is 0.0284. The lowest BCUT2D eigenvalue weighted by Gasteiger charge is -2.28. The molecule has 22 heavy (non-hydrogen) atoms. The first-order valence-corrected chi connectivity index (χ1v) is 8.25. The Bertz CT molecular complexity index is 514. The Hall–Kier alpha value is -1.84. The summed E-state index contributed by atoms with van der Waals surface area (Å²) in [5.41, 5.74) is 5.79. The van der Waals surface area contributed by atoms with Crippen LogP contribution in [0.2, 0.25) is 0 Å². The number of carbonyl (C=O) groups is 1. The quantitative estimate of drug-likeness (QED) is 0.667. The van der Waals surface area contributed by atoms with Gasteiger partial charge < -0.3 is 4.90 Å². The minimum Gasteiger partial charge on any atom is -0.372 e. The van der Waals surface area contributed by atoms with Gasteiger partial charge in [-0.05, 0) is 49.8 Å². The van der Waals surface area contributed by atoms with Crippen molar-refractivity contribution in [1.29, 1.82) is 0 Å². The summed E-state index contributed by atoms with van der Waals surface area (Å²) in [6.45, 7) is 8.27. The average Bonchev–Trinajstić information content (AvgIpc) is 2.53. The summed E-state index contributed by atoms with van der Waals surface area (Å²) in [4.78, 5) is 14.1. The summed E-state index contributed by atoms with van der Waals surface area (Å²) in [6, 6.07) is 8.46. The number of carbonyl (C=O) groups excluding carboxylic acids is 1. The number of amides is 1. The Balaban J connectivity index is 1.95. The standard InChI is InChI=1S/C18H27N3O/c1-14(2)13-18(22)20-19-15(3)16-7-9-17(10-8-16)21-11-5-4-6-12-21/h7-10,14H,4-6,11-13H2,1-3H3,(H,20,22)/b19-15-. The zero-order chi connectivity index (χ0) is 15.9. The van der Waals surface area contributed by atoms with Crippen LogP contribution in [0.4, 0.5) is 5.69 Å². The molecule has 1 N–H and O–H groups in total. The molecule has 0 spiro atoms. The highest BCUT2D eigenvalue weighted by atomic mass is 16.2. The number of hydrogen-bond acceptors (Lipinski definition) is 3. The summed E-state index contributed by atoms with van der Waals surface area (Å²) in [5.74, 6) is 0.318. The normalized spacial score (nSPS) is 16.0. The van der Waals surface area contributed by atoms with Crippen LogP contribution >= 0.6 is 0 Å². The second kappa shape index (κ2) is 7.97. The monoisotopic (exact) mass is 301 g/mol. The number of benzene rings is 1. The van der Waals surface area contributed by atoms with Crippen LogP contribution in [0.25, 0.3) is 0 Å². The molecule has 2 rings (SSSR count). The molecular formula is C18H27N3O. The lowest BCUT2D eigenvalue weighted by atomic mass is 10.1. The van der Waals surface area contributed by atoms with E-state index < -0.39 is 0 Å². The third kappa shape index (κ3) is 4.86. The van der Waals surface area contributed by atoms with Crippen LogP contribution in [0.3, 0.4) is 0 Å². The SMILES string of the molecule is C/C(=N/NC(=O)CC(C)C)c1ccc(N2CCCCC2)cc1. The Morgan fingerprint density at radius 2 is 1.82 bits per heavy atom. The van der Waals surface area contributed by atoms with E-state index in [2.05, 4.69) is 39.7 Å². The molecule has 0 aromatic heterocycles. The van der Waals surface area contributed by atoms with Gasteiger partial charge in [-0.25, -0.2) is 5.43 Å². The maximum Gasteiger partial charge on any atom is 0.240 e. The first kappa shape index (κ1) is 16.5. The molecule has 1 amide bonds. The van der Waals surface area contributed by atoms with Gasteiger partial charge in [-0.1, -0.05) is 26.0 Å². The lowest BCUT2D eigenvalue weighted by molar-refractivity contribution is -0.121. The molecule has 1 fully saturated rings. The molecule has 0 atom stereocenters. The van der Waals surface area contributed by atoms with Crippen molar-refractivity contribution < 1.29 is 4.79 Å². The molecule has 1 aromatic carbocycles. The number of nitrogens with zero attached hydrogens (tertiary/aromatic N) is 2. The van der Waals surface area contributed by atoms with Crippen molar-refractivity contribution in [2.24, 2.45) is 11.0 Å². The molecular weight excluding hydrogens is 274 g/mol. The molecule has 0 radical (unpaired) electrons. The van der Waals surface area contributed by atoms with E-state index in [1.54, 1.807) is 0 Å². The van der Waals surface area contributed by atoms with Crippen LogP contribution < -0.4 is 10.3 Å². The van der Waals surface area contributed by atoms with E-state index in [0.717, 1.165) is 24.4 Å². The molecule has 0 unspecified atom stereocenters. The van der Waals surface area contributed by atoms with Gasteiger partial charge in [0.05, 0.1) is 5.71 Å². The first-order chi connectivity index (χ1) is 10.6. The van der Waals surface area contributed by atoms with E-state index in [1.807, 2.05) is 20.8 Å². The molecule has 1 heterocycles. The van der Waals surface area contributed by atoms with Gasteiger partial charge in [0, 0.05) is 25.2 Å². The fourth-order valence-electron chi connectivity index (χ4n) is 2.69. The van der Waals surface area contributed by atoms with Crippen LogP contribution in [0.1, 0.15) is 52.0 Å². The summed E-state index contributed by atoms with van der Waals surface area (Å²) < 4.78 is 0. The molecule has 0 saturated carbocycles. The lowest BCUT2D eigenvalue weighted by Crippen LogP contribution is -2.29. The third-order valence-corrected chi connectivity index (χ3v) is 3.95. The average molecular weight is 301 g/mol. The van der Waals surface area contributed by atoms with Gasteiger partial charge in [-0.15, -0.1) is 0 Å². The predicted octanol–water partition coefficient (Wildman–Crippen LogP) is 3.56. The van der Waals surface area contributed by atoms with E-state index >= 15 is 0 Å². The highest BCUT2D eigenvalue weighted by Gasteiger charge is 2.11. The summed E-state index contributed by atoms with van der Waals surface area (Å²) in [6.07, 6.45) is 4.41. The van der Waals surface area contributed by atoms with Gasteiger partial charge >= 0.3 is 0 Å². The second-order valence-electron chi connectivity index (χ2n) is 6.42. The van der Waals surface area contributed by atoms with Gasteiger partial charge in [0.2, 0.25) is 5.91 Å². The smallest absolute Gasteiger partial charge is 0.240 e. The fraction of sp³-hybridized carbons (Fsp3) is 0.556. The minimum atomic E-state index is -0.0284. The van der Waals surface area contributed by atoms with Crippen LogP contribution in [0, 0.1) is 5.92 Å². The van der Waals surface area contributed by atoms with E-state index in [9.17, 15) is 4.79 Å². The number of piperidine rings is 1. The van der Waals surface area contributed by atoms with Gasteiger partial charge in [-0.3, -0.25) is 4.79 Å². The predicted molar refractivity (Wildman–Crippen MR) is 92.3 cm³/mol. The largest absolute Gasteiger partial charge is 0.372 e. The van der Waals surface area contributed by atoms with E-state index in [-0.39, 0.29) is 5.91 Å². The Kier molecular flexibility index (Phi) is 5.99. The molecule has 1 aromatic rings. The Morgan fingerprint density at radius 1 is 1.18 bits per heavy atom. The number of rotatable bonds is 5. The highest BCUT2D eigenvalue weighted by molar-refractivity contribution is 5.99. The third-order valence-electron chi connectivity index (χ3n) is 3.95. The Labute approximate surface area is 133 Å². The molecule has 1 aliphatic heterocycles. The molecule has 1 aliphatic rings. The van der Waals surface area contributed by atoms with Crippen molar-refractivity contribution in [1.82, 2.24) is 5.43 Å². The number of hydrazone groups is 1. The maximum atomic E-state index is 11.6. The van der Waals surface area contributed by atoms with Crippen LogP contribution in [0.5, 0.6) is 0 Å². The van der Waals surface area contributed by atoms with Crippen LogP contribution in [-0.2, 0) is 4.79 Å². The van der Waals surface area contributed by atoms with Crippen molar-refractivity contribution in [3.8, 4) is 0 Å². The van der Waals surface area contributed by atoms with Crippen molar-refractivity contribution >= 4 is 17.3 Å². The van der Waals surface area contributed by atoms with Gasteiger partial charge in [0.15, 0.2) is 0 Å². The summed E-state index contributed by atoms with van der Waals surface area (Å²) in [7, 11) is 0. The Morgan fingerprint density at radius 3 is 2.41 bits per heavy atom. The summed E-state index contributed by atoms with van der Waals surface area (Å²) in [5, 5.41) is 4.19. The molecule has 4 heteroatoms. The van der Waals surface area contributed by atoms with E-state index in [4.69, 9.17) is 0 Å². The molecule has 0 aliphatic carbocycles. The van der Waals surface area contributed by atoms with Crippen molar-refractivity contribution in [3.63, 3.8) is 0 Å². The highest BCUT2D eigenvalue weighted by Crippen LogP contribution is 2.20. The van der Waals surface area contributed by atoms with Crippen molar-refractivity contribution in [2.75, 3.05) is 18.0 Å². The van der Waals surface area contributed by atoms with E-state index in [1.165, 1.54) is 24.9 Å². The van der Waals surface area contributed by atoms with Crippen LogP contribution in [0.15, 0.2) is 29.4 Å². The second-order valence-corrected chi connectivity index (χ2v) is 6.42. The number of nitrogens with one attached hydrogen (secondary N) is 1. The van der Waals surface area contributed by atoms with Gasteiger partial charge in [-0.2, -0.15) is 5.10 Å². The fourth-order valence-corrected chi connectivity index (χ4v) is 2.69. The molecule has 4 nitrogen and oxygen atoms in total. The van der Waals surface area contributed by atoms with Gasteiger partial charge in [0.25, 0.3) is 0 Å². The zero-order valence-electron chi connectivity index (χ0n) is 13.9. The summed E-state index contributed by atoms with van der Waals surface area (Å²) >= 11 is 0. The topological polar surface area (TPSA) is 44.7 Å². The number of anilines is 1. The maximum absolute atomic E-state index is 11.6. The van der Waals surface area contributed by atoms with Crippen LogP contribution in [-0.4, -0.2) is 24.7 Å².